The highest BCUT2D eigenvalue weighted by atomic mass is 16.3. The number of rotatable bonds is 2. The van der Waals surface area contributed by atoms with Gasteiger partial charge in [-0.05, 0) is 23.1 Å². The Morgan fingerprint density at radius 1 is 0.733 bits per heavy atom. The van der Waals surface area contributed by atoms with Crippen molar-refractivity contribution in [2.75, 3.05) is 0 Å². The molecule has 0 amide bonds. The summed E-state index contributed by atoms with van der Waals surface area (Å²) in [5.74, 6) is 0.207. The lowest BCUT2D eigenvalue weighted by Gasteiger charge is -2.06. The van der Waals surface area contributed by atoms with Gasteiger partial charge in [0.2, 0.25) is 0 Å². The molecular weight excluding hydrogens is 187 g/mol. The van der Waals surface area contributed by atoms with E-state index in [0.717, 1.165) is 10.9 Å². The van der Waals surface area contributed by atoms with Gasteiger partial charge in [0, 0.05) is 0 Å². The van der Waals surface area contributed by atoms with Crippen LogP contribution in [0, 0.1) is 0 Å². The predicted molar refractivity (Wildman–Crippen MR) is 61.8 cm³/mol. The van der Waals surface area contributed by atoms with E-state index >= 15 is 0 Å². The van der Waals surface area contributed by atoms with Crippen molar-refractivity contribution >= 4 is 17.8 Å². The Morgan fingerprint density at radius 3 is 1.87 bits per heavy atom. The summed E-state index contributed by atoms with van der Waals surface area (Å²) in [5.41, 5.74) is 1.63. The number of phenols is 1. The molecule has 2 rings (SSSR count). The highest BCUT2D eigenvalue weighted by molar-refractivity contribution is 6.78. The molecule has 15 heavy (non-hydrogen) atoms. The Morgan fingerprint density at radius 2 is 1.27 bits per heavy atom. The van der Waals surface area contributed by atoms with Gasteiger partial charge in [-0.2, -0.15) is 0 Å². The molecule has 0 heterocycles. The highest BCUT2D eigenvalue weighted by Crippen LogP contribution is 2.03. The lowest BCUT2D eigenvalue weighted by molar-refractivity contribution is 0.475. The van der Waals surface area contributed by atoms with Gasteiger partial charge in [-0.25, -0.2) is 0 Å². The number of aromatic hydroxyl groups is 1. The standard InChI is InChI=1S/C12H11BO2/c14-12-8-6-11(7-9-12)13(15)10-4-2-1-3-5-10/h1-9,14-15H. The minimum absolute atomic E-state index is 0.207. The van der Waals surface area contributed by atoms with Crippen LogP contribution in [-0.4, -0.2) is 17.0 Å². The number of benzene rings is 2. The van der Waals surface area contributed by atoms with Gasteiger partial charge in [-0.3, -0.25) is 0 Å². The van der Waals surface area contributed by atoms with E-state index < -0.39 is 6.92 Å². The van der Waals surface area contributed by atoms with Gasteiger partial charge >= 0.3 is 6.92 Å². The first-order valence-electron chi connectivity index (χ1n) is 4.79. The first kappa shape index (κ1) is 9.81. The second-order valence-corrected chi connectivity index (χ2v) is 3.40. The van der Waals surface area contributed by atoms with Gasteiger partial charge in [-0.15, -0.1) is 0 Å². The van der Waals surface area contributed by atoms with Crippen molar-refractivity contribution in [2.24, 2.45) is 0 Å². The van der Waals surface area contributed by atoms with E-state index in [1.165, 1.54) is 0 Å². The van der Waals surface area contributed by atoms with E-state index in [1.54, 1.807) is 24.3 Å². The summed E-state index contributed by atoms with van der Waals surface area (Å²) in [7, 11) is 0. The molecule has 3 heteroatoms. The predicted octanol–water partition coefficient (Wildman–Crippen LogP) is 0.490. The van der Waals surface area contributed by atoms with E-state index in [0.29, 0.717) is 0 Å². The summed E-state index contributed by atoms with van der Waals surface area (Å²) in [5, 5.41) is 19.1. The Labute approximate surface area is 88.9 Å². The molecule has 74 valence electrons. The van der Waals surface area contributed by atoms with Gasteiger partial charge < -0.3 is 10.1 Å². The van der Waals surface area contributed by atoms with E-state index in [-0.39, 0.29) is 5.75 Å². The molecule has 2 aromatic carbocycles. The Balaban J connectivity index is 2.29. The fourth-order valence-corrected chi connectivity index (χ4v) is 1.48. The zero-order valence-corrected chi connectivity index (χ0v) is 8.17. The number of hydrogen-bond acceptors (Lipinski definition) is 2. The van der Waals surface area contributed by atoms with Crippen LogP contribution in [0.4, 0.5) is 0 Å². The average molecular weight is 198 g/mol. The molecule has 0 saturated carbocycles. The third-order valence-corrected chi connectivity index (χ3v) is 2.32. The van der Waals surface area contributed by atoms with Crippen LogP contribution in [0.25, 0.3) is 0 Å². The van der Waals surface area contributed by atoms with E-state index in [2.05, 4.69) is 0 Å². The van der Waals surface area contributed by atoms with Gasteiger partial charge in [-0.1, -0.05) is 42.5 Å². The largest absolute Gasteiger partial charge is 0.508 e. The SMILES string of the molecule is OB(c1ccccc1)c1ccc(O)cc1. The summed E-state index contributed by atoms with van der Waals surface area (Å²) in [4.78, 5) is 0. The van der Waals surface area contributed by atoms with Crippen LogP contribution in [0.15, 0.2) is 54.6 Å². The molecule has 0 atom stereocenters. The molecule has 0 aliphatic heterocycles. The van der Waals surface area contributed by atoms with Crippen LogP contribution >= 0.6 is 0 Å². The van der Waals surface area contributed by atoms with Crippen molar-refractivity contribution in [2.45, 2.75) is 0 Å². The third kappa shape index (κ3) is 2.19. The fourth-order valence-electron chi connectivity index (χ4n) is 1.48. The molecule has 0 radical (unpaired) electrons. The maximum atomic E-state index is 10.0. The Hall–Kier alpha value is -1.74. The maximum absolute atomic E-state index is 10.0. The van der Waals surface area contributed by atoms with Crippen molar-refractivity contribution in [3.63, 3.8) is 0 Å². The minimum Gasteiger partial charge on any atom is -0.508 e. The molecule has 2 N–H and O–H groups in total. The zero-order chi connectivity index (χ0) is 10.7. The van der Waals surface area contributed by atoms with E-state index in [4.69, 9.17) is 5.11 Å². The summed E-state index contributed by atoms with van der Waals surface area (Å²) in [6.07, 6.45) is 0. The molecule has 0 saturated heterocycles. The van der Waals surface area contributed by atoms with Crippen molar-refractivity contribution in [3.8, 4) is 5.75 Å². The number of hydrogen-bond donors (Lipinski definition) is 2. The van der Waals surface area contributed by atoms with Crippen LogP contribution in [0.2, 0.25) is 0 Å². The normalized spacial score (nSPS) is 9.93. The minimum atomic E-state index is -0.633. The summed E-state index contributed by atoms with van der Waals surface area (Å²) >= 11 is 0. The van der Waals surface area contributed by atoms with Gasteiger partial charge in [0.05, 0.1) is 0 Å². The average Bonchev–Trinajstić information content (AvgIpc) is 2.30. The molecule has 0 aliphatic rings. The lowest BCUT2D eigenvalue weighted by atomic mass is 9.56. The quantitative estimate of drug-likeness (QED) is 0.689. The molecule has 2 aromatic rings. The maximum Gasteiger partial charge on any atom is 0.358 e. The first-order valence-corrected chi connectivity index (χ1v) is 4.79. The third-order valence-electron chi connectivity index (χ3n) is 2.32. The Bertz CT molecular complexity index is 425. The molecule has 0 spiro atoms. The fraction of sp³-hybridized carbons (Fsp3) is 0. The van der Waals surface area contributed by atoms with E-state index in [9.17, 15) is 5.02 Å². The second-order valence-electron chi connectivity index (χ2n) is 3.40. The summed E-state index contributed by atoms with van der Waals surface area (Å²) < 4.78 is 0. The topological polar surface area (TPSA) is 40.5 Å². The van der Waals surface area contributed by atoms with Crippen LogP contribution in [0.3, 0.4) is 0 Å². The van der Waals surface area contributed by atoms with Crippen LogP contribution in [-0.2, 0) is 0 Å². The summed E-state index contributed by atoms with van der Waals surface area (Å²) in [6.45, 7) is -0.633. The van der Waals surface area contributed by atoms with Crippen LogP contribution in [0.5, 0.6) is 5.75 Å². The van der Waals surface area contributed by atoms with Gasteiger partial charge in [0.25, 0.3) is 0 Å². The second kappa shape index (κ2) is 4.19. The van der Waals surface area contributed by atoms with Crippen LogP contribution < -0.4 is 10.9 Å². The molecule has 0 unspecified atom stereocenters. The number of phenolic OH excluding ortho intramolecular Hbond substituents is 1. The Kier molecular flexibility index (Phi) is 2.74. The summed E-state index contributed by atoms with van der Waals surface area (Å²) in [6, 6.07) is 16.0. The molecule has 0 aromatic heterocycles. The molecule has 2 nitrogen and oxygen atoms in total. The van der Waals surface area contributed by atoms with E-state index in [1.807, 2.05) is 30.3 Å². The lowest BCUT2D eigenvalue weighted by Crippen LogP contribution is -2.41. The van der Waals surface area contributed by atoms with Crippen LogP contribution in [0.1, 0.15) is 0 Å². The van der Waals surface area contributed by atoms with Crippen molar-refractivity contribution < 1.29 is 10.1 Å². The molecule has 0 aliphatic carbocycles. The molecule has 0 fully saturated rings. The monoisotopic (exact) mass is 198 g/mol. The van der Waals surface area contributed by atoms with Crippen molar-refractivity contribution in [3.05, 3.63) is 54.6 Å². The molecule has 0 bridgehead atoms. The smallest absolute Gasteiger partial charge is 0.358 e. The van der Waals surface area contributed by atoms with Crippen molar-refractivity contribution in [1.29, 1.82) is 0 Å². The highest BCUT2D eigenvalue weighted by Gasteiger charge is 2.15. The first-order chi connectivity index (χ1) is 7.27. The van der Waals surface area contributed by atoms with Crippen molar-refractivity contribution in [1.82, 2.24) is 0 Å². The zero-order valence-electron chi connectivity index (χ0n) is 8.17. The van der Waals surface area contributed by atoms with Gasteiger partial charge in [0.15, 0.2) is 0 Å². The molecular formula is C12H11BO2. The van der Waals surface area contributed by atoms with Gasteiger partial charge in [0.1, 0.15) is 5.75 Å².